The van der Waals surface area contributed by atoms with Crippen molar-refractivity contribution < 1.29 is 4.79 Å². The Bertz CT molecular complexity index is 588. The molecular formula is C16H17IN2O. The van der Waals surface area contributed by atoms with Crippen LogP contribution in [0.15, 0.2) is 42.5 Å². The Morgan fingerprint density at radius 3 is 2.25 bits per heavy atom. The van der Waals surface area contributed by atoms with Crippen LogP contribution in [0.2, 0.25) is 0 Å². The minimum Gasteiger partial charge on any atom is -0.334 e. The molecule has 0 atom stereocenters. The van der Waals surface area contributed by atoms with Gasteiger partial charge in [0.2, 0.25) is 0 Å². The summed E-state index contributed by atoms with van der Waals surface area (Å²) in [5.41, 5.74) is 4.32. The monoisotopic (exact) mass is 380 g/mol. The predicted octanol–water partition coefficient (Wildman–Crippen LogP) is 4.23. The van der Waals surface area contributed by atoms with Gasteiger partial charge in [-0.15, -0.1) is 0 Å². The van der Waals surface area contributed by atoms with Crippen LogP contribution in [0.1, 0.15) is 16.7 Å². The van der Waals surface area contributed by atoms with Gasteiger partial charge in [-0.1, -0.05) is 29.3 Å². The van der Waals surface area contributed by atoms with E-state index in [1.807, 2.05) is 24.3 Å². The molecule has 0 spiro atoms. The van der Waals surface area contributed by atoms with Gasteiger partial charge in [-0.05, 0) is 66.3 Å². The zero-order valence-electron chi connectivity index (χ0n) is 11.5. The fourth-order valence-electron chi connectivity index (χ4n) is 2.06. The third kappa shape index (κ3) is 4.52. The summed E-state index contributed by atoms with van der Waals surface area (Å²) < 4.78 is 1.14. The maximum Gasteiger partial charge on any atom is 0.319 e. The topological polar surface area (TPSA) is 41.1 Å². The first kappa shape index (κ1) is 14.8. The maximum absolute atomic E-state index is 11.8. The predicted molar refractivity (Wildman–Crippen MR) is 90.9 cm³/mol. The Kier molecular flexibility index (Phi) is 5.00. The second kappa shape index (κ2) is 6.74. The summed E-state index contributed by atoms with van der Waals surface area (Å²) >= 11 is 2.23. The fraction of sp³-hybridized carbons (Fsp3) is 0.188. The number of halogens is 1. The van der Waals surface area contributed by atoms with Crippen molar-refractivity contribution in [3.05, 3.63) is 62.7 Å². The lowest BCUT2D eigenvalue weighted by Gasteiger charge is -2.09. The zero-order valence-corrected chi connectivity index (χ0v) is 13.7. The molecule has 0 saturated carbocycles. The van der Waals surface area contributed by atoms with Crippen LogP contribution in [0.5, 0.6) is 0 Å². The van der Waals surface area contributed by atoms with E-state index < -0.39 is 0 Å². The molecule has 0 bridgehead atoms. The highest BCUT2D eigenvalue weighted by molar-refractivity contribution is 14.1. The SMILES string of the molecule is Cc1cc(C)cc(CNC(=O)Nc2ccc(I)cc2)c1. The summed E-state index contributed by atoms with van der Waals surface area (Å²) in [6.45, 7) is 4.64. The van der Waals surface area contributed by atoms with Gasteiger partial charge in [0.1, 0.15) is 0 Å². The van der Waals surface area contributed by atoms with Crippen molar-refractivity contribution >= 4 is 34.3 Å². The molecule has 0 aliphatic carbocycles. The van der Waals surface area contributed by atoms with Crippen LogP contribution >= 0.6 is 22.6 Å². The summed E-state index contributed by atoms with van der Waals surface area (Å²) in [5.74, 6) is 0. The van der Waals surface area contributed by atoms with Crippen LogP contribution in [0.3, 0.4) is 0 Å². The molecule has 2 N–H and O–H groups in total. The lowest BCUT2D eigenvalue weighted by Crippen LogP contribution is -2.28. The Morgan fingerprint density at radius 1 is 1.05 bits per heavy atom. The highest BCUT2D eigenvalue weighted by atomic mass is 127. The van der Waals surface area contributed by atoms with Gasteiger partial charge in [-0.2, -0.15) is 0 Å². The second-order valence-corrected chi connectivity index (χ2v) is 6.06. The van der Waals surface area contributed by atoms with Crippen molar-refractivity contribution in [2.75, 3.05) is 5.32 Å². The molecule has 0 aliphatic rings. The average Bonchev–Trinajstić information content (AvgIpc) is 2.38. The molecule has 104 valence electrons. The summed E-state index contributed by atoms with van der Waals surface area (Å²) in [7, 11) is 0. The van der Waals surface area contributed by atoms with Crippen molar-refractivity contribution in [1.82, 2.24) is 5.32 Å². The number of aryl methyl sites for hydroxylation is 2. The van der Waals surface area contributed by atoms with E-state index in [9.17, 15) is 4.79 Å². The van der Waals surface area contributed by atoms with Gasteiger partial charge in [-0.3, -0.25) is 0 Å². The molecule has 0 radical (unpaired) electrons. The van der Waals surface area contributed by atoms with E-state index in [-0.39, 0.29) is 6.03 Å². The van der Waals surface area contributed by atoms with Crippen LogP contribution in [0.25, 0.3) is 0 Å². The number of nitrogens with one attached hydrogen (secondary N) is 2. The first-order valence-corrected chi connectivity index (χ1v) is 7.48. The van der Waals surface area contributed by atoms with Crippen LogP contribution in [-0.2, 0) is 6.54 Å². The summed E-state index contributed by atoms with van der Waals surface area (Å²) in [5, 5.41) is 5.68. The Hall–Kier alpha value is -1.56. The minimum atomic E-state index is -0.189. The number of carbonyl (C=O) groups excluding carboxylic acids is 1. The summed E-state index contributed by atoms with van der Waals surface area (Å²) in [6, 6.07) is 13.8. The van der Waals surface area contributed by atoms with Gasteiger partial charge in [-0.25, -0.2) is 4.79 Å². The quantitative estimate of drug-likeness (QED) is 0.769. The minimum absolute atomic E-state index is 0.189. The summed E-state index contributed by atoms with van der Waals surface area (Å²) in [6.07, 6.45) is 0. The molecule has 0 aromatic heterocycles. The molecule has 0 aliphatic heterocycles. The molecule has 2 aromatic carbocycles. The largest absolute Gasteiger partial charge is 0.334 e. The first-order chi connectivity index (χ1) is 9.52. The number of hydrogen-bond donors (Lipinski definition) is 2. The van der Waals surface area contributed by atoms with Gasteiger partial charge in [0, 0.05) is 15.8 Å². The normalized spacial score (nSPS) is 10.2. The van der Waals surface area contributed by atoms with Crippen molar-refractivity contribution in [2.24, 2.45) is 0 Å². The molecule has 2 rings (SSSR count). The van der Waals surface area contributed by atoms with E-state index in [4.69, 9.17) is 0 Å². The molecule has 2 aromatic rings. The number of urea groups is 1. The third-order valence-corrected chi connectivity index (χ3v) is 3.56. The highest BCUT2D eigenvalue weighted by Gasteiger charge is 2.02. The lowest BCUT2D eigenvalue weighted by atomic mass is 10.1. The Labute approximate surface area is 132 Å². The average molecular weight is 380 g/mol. The van der Waals surface area contributed by atoms with Crippen LogP contribution in [0, 0.1) is 17.4 Å². The standard InChI is InChI=1S/C16H17IN2O/c1-11-7-12(2)9-13(8-11)10-18-16(20)19-15-5-3-14(17)4-6-15/h3-9H,10H2,1-2H3,(H2,18,19,20). The molecule has 4 heteroatoms. The maximum atomic E-state index is 11.8. The number of anilines is 1. The highest BCUT2D eigenvalue weighted by Crippen LogP contribution is 2.11. The number of amides is 2. The Morgan fingerprint density at radius 2 is 1.65 bits per heavy atom. The number of carbonyl (C=O) groups is 1. The molecular weight excluding hydrogens is 363 g/mol. The molecule has 0 unspecified atom stereocenters. The van der Waals surface area contributed by atoms with Crippen molar-refractivity contribution in [3.8, 4) is 0 Å². The van der Waals surface area contributed by atoms with Gasteiger partial charge in [0.15, 0.2) is 0 Å². The van der Waals surface area contributed by atoms with Gasteiger partial charge in [0.05, 0.1) is 0 Å². The first-order valence-electron chi connectivity index (χ1n) is 6.40. The van der Waals surface area contributed by atoms with E-state index in [1.165, 1.54) is 11.1 Å². The zero-order chi connectivity index (χ0) is 14.5. The van der Waals surface area contributed by atoms with Gasteiger partial charge < -0.3 is 10.6 Å². The van der Waals surface area contributed by atoms with E-state index in [0.717, 1.165) is 14.8 Å². The summed E-state index contributed by atoms with van der Waals surface area (Å²) in [4.78, 5) is 11.8. The molecule has 0 saturated heterocycles. The van der Waals surface area contributed by atoms with Crippen LogP contribution < -0.4 is 10.6 Å². The Balaban J connectivity index is 1.90. The van der Waals surface area contributed by atoms with Crippen LogP contribution in [-0.4, -0.2) is 6.03 Å². The van der Waals surface area contributed by atoms with Crippen molar-refractivity contribution in [3.63, 3.8) is 0 Å². The second-order valence-electron chi connectivity index (χ2n) is 4.81. The van der Waals surface area contributed by atoms with Crippen molar-refractivity contribution in [1.29, 1.82) is 0 Å². The molecule has 20 heavy (non-hydrogen) atoms. The van der Waals surface area contributed by atoms with Gasteiger partial charge in [0.25, 0.3) is 0 Å². The van der Waals surface area contributed by atoms with Crippen molar-refractivity contribution in [2.45, 2.75) is 20.4 Å². The van der Waals surface area contributed by atoms with Crippen LogP contribution in [0.4, 0.5) is 10.5 Å². The smallest absolute Gasteiger partial charge is 0.319 e. The van der Waals surface area contributed by atoms with E-state index in [0.29, 0.717) is 6.54 Å². The molecule has 0 heterocycles. The van der Waals surface area contributed by atoms with E-state index in [2.05, 4.69) is 65.3 Å². The fourth-order valence-corrected chi connectivity index (χ4v) is 2.42. The van der Waals surface area contributed by atoms with Gasteiger partial charge >= 0.3 is 6.03 Å². The molecule has 3 nitrogen and oxygen atoms in total. The van der Waals surface area contributed by atoms with E-state index in [1.54, 1.807) is 0 Å². The number of rotatable bonds is 3. The lowest BCUT2D eigenvalue weighted by molar-refractivity contribution is 0.251. The molecule has 2 amide bonds. The number of hydrogen-bond acceptors (Lipinski definition) is 1. The number of benzene rings is 2. The molecule has 0 fully saturated rings. The third-order valence-electron chi connectivity index (χ3n) is 2.84. The van der Waals surface area contributed by atoms with E-state index >= 15 is 0 Å².